The Kier molecular flexibility index (Phi) is 19.3. The normalized spacial score (nSPS) is 50.9. The first-order valence-corrected chi connectivity index (χ1v) is 29.9. The van der Waals surface area contributed by atoms with Gasteiger partial charge < -0.3 is 119 Å². The Morgan fingerprint density at radius 1 is 0.640 bits per heavy atom. The maximum absolute atomic E-state index is 13.5. The average molecular weight is 1230 g/mol. The van der Waals surface area contributed by atoms with Gasteiger partial charge in [0.1, 0.15) is 85.5 Å². The largest absolute Gasteiger partial charge is 0.479 e. The Morgan fingerprint density at radius 2 is 1.26 bits per heavy atom. The first-order valence-electron chi connectivity index (χ1n) is 29.9. The molecule has 3 unspecified atom stereocenters. The molecule has 0 spiro atoms. The number of aliphatic hydroxyl groups is 13. The Labute approximate surface area is 498 Å². The number of aliphatic hydroxyl groups excluding tert-OH is 13. The van der Waals surface area contributed by atoms with Crippen molar-refractivity contribution in [3.8, 4) is 0 Å². The minimum absolute atomic E-state index is 0.185. The summed E-state index contributed by atoms with van der Waals surface area (Å²) >= 11 is 0. The molecule has 9 aliphatic rings. The van der Waals surface area contributed by atoms with E-state index in [1.54, 1.807) is 19.9 Å². The highest BCUT2D eigenvalue weighted by Gasteiger charge is 2.76. The molecule has 5 aliphatic carbocycles. The fourth-order valence-corrected chi connectivity index (χ4v) is 17.2. The molecule has 4 aliphatic heterocycles. The number of carbonyl (C=O) groups excluding carboxylic acids is 2. The predicted octanol–water partition coefficient (Wildman–Crippen LogP) is -2.22. The summed E-state index contributed by atoms with van der Waals surface area (Å²) in [6.07, 6.45) is -34.3. The molecule has 27 nitrogen and oxygen atoms in total. The number of aliphatic carboxylic acids is 1. The van der Waals surface area contributed by atoms with Crippen LogP contribution in [-0.4, -0.2) is 257 Å². The zero-order chi connectivity index (χ0) is 63.5. The fraction of sp³-hybridized carbons (Fsp3) is 0.881. The van der Waals surface area contributed by atoms with Gasteiger partial charge >= 0.3 is 17.9 Å². The zero-order valence-corrected chi connectivity index (χ0v) is 50.3. The standard InChI is InChI=1S/C59H92O27/c1-11-23(2)49(76)86-46-47(79-24(3)62)59(22-61)26(18-54(46,4)5)25-12-13-31-56(8)16-15-32(55(6,7)30(56)14-17-57(31,9)58(25,10)44(72)45(59)73)81-53-43(85-51-38(70)36(68)35(67)29(19-60)80-51)40(39(71)41(83-53)48(74)75)82-52-42(34(66)28(64)21-78-52)84-50-37(69)33(65)27(63)20-77-50/h11-12,26-47,50-53,60-61,63-73H,13-22H2,1-10H3,(H,74,75)/b23-11+/t26?,27-,28+,29-,30?,31?,32+,33+,34+,35+,36+,37-,38-,39+,40+,41+,42-,43-,44+,45-,46+,47+,50+,51+,52-,53-,56+,57-,58+,59+/m1/s1. The Balaban J connectivity index is 1.05. The van der Waals surface area contributed by atoms with E-state index in [1.165, 1.54) is 6.92 Å². The van der Waals surface area contributed by atoms with Crippen molar-refractivity contribution in [2.24, 2.45) is 50.2 Å². The van der Waals surface area contributed by atoms with Crippen LogP contribution in [0, 0.1) is 50.2 Å². The van der Waals surface area contributed by atoms with Gasteiger partial charge in [-0.2, -0.15) is 0 Å². The molecular formula is C59H92O27. The van der Waals surface area contributed by atoms with Gasteiger partial charge in [-0.15, -0.1) is 0 Å². The van der Waals surface area contributed by atoms with Gasteiger partial charge in [0.25, 0.3) is 0 Å². The summed E-state index contributed by atoms with van der Waals surface area (Å²) in [5.41, 5.74) is -4.81. The number of hydrogen-bond donors (Lipinski definition) is 14. The Morgan fingerprint density at radius 3 is 1.87 bits per heavy atom. The molecule has 14 N–H and O–H groups in total. The maximum atomic E-state index is 13.5. The minimum Gasteiger partial charge on any atom is -0.479 e. The predicted molar refractivity (Wildman–Crippen MR) is 290 cm³/mol. The SMILES string of the molecule is C/C=C(\C)C(=O)O[C@H]1[C@H](OC(C)=O)[C@@]2(CO)C(CC1(C)C)C1=CCC3[C@@]4(C)CC[C@H](O[C@@H]5O[C@H](C(=O)O)[C@@H](O)[C@H](O[C@H]6OC[C@H](O)[C@H](O)[C@H]6O[C@@H]6OC[C@@H](O)[C@H](O)[C@H]6O)[C@H]5O[C@@H]5O[C@H](CO)[C@H](O)[C@H](O)[C@H]5O)C(C)(C)C4CC[C@@]3(C)[C@]1(C)[C@@H](O)[C@H]2O. The molecule has 4 saturated carbocycles. The minimum atomic E-state index is -2.23. The number of carbonyl (C=O) groups is 3. The van der Waals surface area contributed by atoms with Gasteiger partial charge in [-0.05, 0) is 86.4 Å². The Bertz CT molecular complexity index is 2530. The van der Waals surface area contributed by atoms with Crippen LogP contribution in [0.4, 0.5) is 0 Å². The van der Waals surface area contributed by atoms with E-state index in [0.29, 0.717) is 31.3 Å². The van der Waals surface area contributed by atoms with E-state index in [4.69, 9.17) is 47.4 Å². The molecule has 0 aromatic heterocycles. The van der Waals surface area contributed by atoms with E-state index in [1.807, 2.05) is 34.6 Å². The van der Waals surface area contributed by atoms with Crippen molar-refractivity contribution >= 4 is 17.9 Å². The van der Waals surface area contributed by atoms with Crippen LogP contribution < -0.4 is 0 Å². The highest BCUT2D eigenvalue weighted by molar-refractivity contribution is 5.87. The highest BCUT2D eigenvalue weighted by Crippen LogP contribution is 2.76. The topological polar surface area (TPSA) is 427 Å². The lowest BCUT2D eigenvalue weighted by molar-refractivity contribution is -0.399. The molecule has 4 saturated heterocycles. The van der Waals surface area contributed by atoms with Crippen LogP contribution in [0.2, 0.25) is 0 Å². The van der Waals surface area contributed by atoms with Crippen molar-refractivity contribution in [2.45, 2.75) is 249 Å². The number of rotatable bonds is 14. The second-order valence-electron chi connectivity index (χ2n) is 27.6. The molecular weight excluding hydrogens is 1140 g/mol. The molecule has 30 atom stereocenters. The van der Waals surface area contributed by atoms with Crippen molar-refractivity contribution in [3.05, 3.63) is 23.3 Å². The van der Waals surface area contributed by atoms with E-state index < -0.39 is 224 Å². The summed E-state index contributed by atoms with van der Waals surface area (Å²) in [5.74, 6) is -4.16. The van der Waals surface area contributed by atoms with E-state index in [2.05, 4.69) is 19.9 Å². The van der Waals surface area contributed by atoms with Gasteiger partial charge in [-0.25, -0.2) is 9.59 Å². The van der Waals surface area contributed by atoms with Crippen molar-refractivity contribution in [1.29, 1.82) is 0 Å². The van der Waals surface area contributed by atoms with Gasteiger partial charge in [-0.1, -0.05) is 66.2 Å². The molecule has 86 heavy (non-hydrogen) atoms. The number of esters is 2. The van der Waals surface area contributed by atoms with Crippen LogP contribution in [-0.2, 0) is 61.8 Å². The van der Waals surface area contributed by atoms with E-state index in [0.717, 1.165) is 5.57 Å². The second kappa shape index (κ2) is 24.6. The molecule has 4 heterocycles. The number of carboxylic acid groups (broad SMARTS) is 1. The van der Waals surface area contributed by atoms with E-state index >= 15 is 0 Å². The third-order valence-corrected chi connectivity index (χ3v) is 22.3. The van der Waals surface area contributed by atoms with E-state index in [-0.39, 0.29) is 24.7 Å². The zero-order valence-electron chi connectivity index (χ0n) is 50.3. The summed E-state index contributed by atoms with van der Waals surface area (Å²) in [6, 6.07) is 0. The molecule has 8 fully saturated rings. The van der Waals surface area contributed by atoms with Gasteiger partial charge in [0, 0.05) is 23.3 Å². The van der Waals surface area contributed by atoms with Gasteiger partial charge in [0.2, 0.25) is 0 Å². The van der Waals surface area contributed by atoms with Crippen molar-refractivity contribution < 1.29 is 133 Å². The average Bonchev–Trinajstić information content (AvgIpc) is 0.667. The molecule has 27 heteroatoms. The summed E-state index contributed by atoms with van der Waals surface area (Å²) in [4.78, 5) is 39.7. The van der Waals surface area contributed by atoms with Crippen LogP contribution in [0.25, 0.3) is 0 Å². The fourth-order valence-electron chi connectivity index (χ4n) is 17.2. The molecule has 0 aromatic rings. The summed E-state index contributed by atoms with van der Waals surface area (Å²) < 4.78 is 60.7. The van der Waals surface area contributed by atoms with Crippen molar-refractivity contribution in [2.75, 3.05) is 26.4 Å². The number of hydrogen-bond acceptors (Lipinski definition) is 26. The monoisotopic (exact) mass is 1230 g/mol. The number of fused-ring (bicyclic) bond motifs is 7. The summed E-state index contributed by atoms with van der Waals surface area (Å²) in [6.45, 7) is 15.7. The lowest BCUT2D eigenvalue weighted by atomic mass is 9.32. The first kappa shape index (κ1) is 67.4. The molecule has 9 rings (SSSR count). The highest BCUT2D eigenvalue weighted by atomic mass is 16.8. The first-order chi connectivity index (χ1) is 40.1. The third kappa shape index (κ3) is 10.8. The third-order valence-electron chi connectivity index (χ3n) is 22.3. The van der Waals surface area contributed by atoms with Crippen LogP contribution in [0.3, 0.4) is 0 Å². The van der Waals surface area contributed by atoms with Crippen LogP contribution in [0.5, 0.6) is 0 Å². The van der Waals surface area contributed by atoms with Crippen molar-refractivity contribution in [1.82, 2.24) is 0 Å². The number of carboxylic acids is 1. The van der Waals surface area contributed by atoms with Crippen LogP contribution in [0.1, 0.15) is 108 Å². The van der Waals surface area contributed by atoms with Crippen LogP contribution in [0.15, 0.2) is 23.3 Å². The maximum Gasteiger partial charge on any atom is 0.335 e. The molecule has 0 aromatic carbocycles. The molecule has 0 amide bonds. The van der Waals surface area contributed by atoms with Crippen LogP contribution >= 0.6 is 0 Å². The van der Waals surface area contributed by atoms with Gasteiger partial charge in [0.15, 0.2) is 37.4 Å². The molecule has 490 valence electrons. The van der Waals surface area contributed by atoms with Gasteiger partial charge in [-0.3, -0.25) is 4.79 Å². The molecule has 0 bridgehead atoms. The summed E-state index contributed by atoms with van der Waals surface area (Å²) in [7, 11) is 0. The number of ether oxygens (including phenoxy) is 10. The lowest BCUT2D eigenvalue weighted by Gasteiger charge is -2.73. The van der Waals surface area contributed by atoms with Crippen molar-refractivity contribution in [3.63, 3.8) is 0 Å². The Hall–Kier alpha value is -2.95. The quantitative estimate of drug-likeness (QED) is 0.0379. The smallest absolute Gasteiger partial charge is 0.335 e. The second-order valence-corrected chi connectivity index (χ2v) is 27.6. The number of allylic oxidation sites excluding steroid dienone is 2. The molecule has 0 radical (unpaired) electrons. The van der Waals surface area contributed by atoms with E-state index in [9.17, 15) is 85.9 Å². The lowest BCUT2D eigenvalue weighted by Crippen LogP contribution is -2.76. The summed E-state index contributed by atoms with van der Waals surface area (Å²) in [5, 5.41) is 157. The van der Waals surface area contributed by atoms with Gasteiger partial charge in [0.05, 0.1) is 50.2 Å².